The van der Waals surface area contributed by atoms with Crippen LogP contribution in [0.15, 0.2) is 97.2 Å². The van der Waals surface area contributed by atoms with E-state index < -0.39 is 0 Å². The molecule has 0 aliphatic rings. The summed E-state index contributed by atoms with van der Waals surface area (Å²) in [5, 5.41) is 12.0. The second-order valence-electron chi connectivity index (χ2n) is 8.06. The van der Waals surface area contributed by atoms with E-state index in [-0.39, 0.29) is 0 Å². The Morgan fingerprint density at radius 3 is 2.31 bits per heavy atom. The van der Waals surface area contributed by atoms with Crippen LogP contribution >= 0.6 is 11.3 Å². The van der Waals surface area contributed by atoms with Gasteiger partial charge in [-0.2, -0.15) is 0 Å². The molecule has 2 heterocycles. The Morgan fingerprint density at radius 1 is 0.800 bits per heavy atom. The smallest absolute Gasteiger partial charge is 0.127 e. The Labute approximate surface area is 208 Å². The van der Waals surface area contributed by atoms with Gasteiger partial charge in [0.2, 0.25) is 0 Å². The van der Waals surface area contributed by atoms with Crippen molar-refractivity contribution in [3.63, 3.8) is 0 Å². The molecular formula is C28H26N4O2S. The molecule has 0 aliphatic carbocycles. The second kappa shape index (κ2) is 11.0. The number of thiophene rings is 1. The van der Waals surface area contributed by atoms with E-state index in [1.165, 1.54) is 15.3 Å². The molecule has 0 radical (unpaired) electrons. The summed E-state index contributed by atoms with van der Waals surface area (Å²) >= 11 is 1.79. The van der Waals surface area contributed by atoms with E-state index in [1.54, 1.807) is 18.4 Å². The van der Waals surface area contributed by atoms with Crippen molar-refractivity contribution in [3.8, 4) is 27.7 Å². The van der Waals surface area contributed by atoms with Crippen molar-refractivity contribution in [3.05, 3.63) is 113 Å². The first-order chi connectivity index (χ1) is 17.2. The Balaban J connectivity index is 1.10. The molecule has 0 aliphatic heterocycles. The van der Waals surface area contributed by atoms with Gasteiger partial charge in [0.15, 0.2) is 0 Å². The lowest BCUT2D eigenvalue weighted by Gasteiger charge is -2.06. The number of methoxy groups -OCH3 is 1. The molecule has 5 rings (SSSR count). The zero-order chi connectivity index (χ0) is 23.9. The van der Waals surface area contributed by atoms with Gasteiger partial charge in [-0.15, -0.1) is 16.4 Å². The number of hydrogen-bond acceptors (Lipinski definition) is 6. The Hall–Kier alpha value is -3.94. The number of nitrogens with zero attached hydrogens (tertiary/aromatic N) is 3. The van der Waals surface area contributed by atoms with E-state index in [0.29, 0.717) is 13.1 Å². The third kappa shape index (κ3) is 6.15. The van der Waals surface area contributed by atoms with Crippen molar-refractivity contribution in [2.75, 3.05) is 7.11 Å². The molecule has 0 saturated carbocycles. The Kier molecular flexibility index (Phi) is 7.17. The predicted molar refractivity (Wildman–Crippen MR) is 139 cm³/mol. The number of para-hydroxylation sites is 1. The van der Waals surface area contributed by atoms with Gasteiger partial charge in [-0.3, -0.25) is 0 Å². The molecule has 0 fully saturated rings. The fourth-order valence-corrected chi connectivity index (χ4v) is 4.65. The van der Waals surface area contributed by atoms with Crippen LogP contribution in [0.5, 0.6) is 17.2 Å². The van der Waals surface area contributed by atoms with Crippen LogP contribution in [-0.2, 0) is 19.6 Å². The van der Waals surface area contributed by atoms with Crippen LogP contribution in [0.3, 0.4) is 0 Å². The summed E-state index contributed by atoms with van der Waals surface area (Å²) < 4.78 is 13.0. The summed E-state index contributed by atoms with van der Waals surface area (Å²) in [6, 6.07) is 30.3. The van der Waals surface area contributed by atoms with Gasteiger partial charge in [0.25, 0.3) is 0 Å². The van der Waals surface area contributed by atoms with Crippen LogP contribution < -0.4 is 14.8 Å². The number of nitrogens with one attached hydrogen (secondary N) is 1. The predicted octanol–water partition coefficient (Wildman–Crippen LogP) is 6.15. The lowest BCUT2D eigenvalue weighted by molar-refractivity contribution is 0.415. The van der Waals surface area contributed by atoms with Gasteiger partial charge in [-0.05, 0) is 71.8 Å². The van der Waals surface area contributed by atoms with E-state index in [1.807, 2.05) is 65.5 Å². The van der Waals surface area contributed by atoms with Gasteiger partial charge in [-0.1, -0.05) is 35.5 Å². The maximum atomic E-state index is 5.86. The number of rotatable bonds is 10. The minimum absolute atomic E-state index is 0.661. The minimum atomic E-state index is 0.661. The SMILES string of the molecule is COc1ccc(-c2ccc(CNCc3cn(Cc4ccc(Oc5ccccc5)cc4)nn3)s2)cc1. The highest BCUT2D eigenvalue weighted by Crippen LogP contribution is 2.29. The summed E-state index contributed by atoms with van der Waals surface area (Å²) in [5.74, 6) is 2.51. The van der Waals surface area contributed by atoms with Crippen LogP contribution in [0.25, 0.3) is 10.4 Å². The zero-order valence-corrected chi connectivity index (χ0v) is 20.2. The van der Waals surface area contributed by atoms with Gasteiger partial charge in [0.05, 0.1) is 25.5 Å². The Morgan fingerprint density at radius 2 is 1.54 bits per heavy atom. The molecule has 3 aromatic carbocycles. The van der Waals surface area contributed by atoms with E-state index >= 15 is 0 Å². The summed E-state index contributed by atoms with van der Waals surface area (Å²) in [5.41, 5.74) is 3.25. The van der Waals surface area contributed by atoms with E-state index in [2.05, 4.69) is 52.0 Å². The number of aromatic nitrogens is 3. The fraction of sp³-hybridized carbons (Fsp3) is 0.143. The number of hydrogen-bond donors (Lipinski definition) is 1. The topological polar surface area (TPSA) is 61.2 Å². The number of benzene rings is 3. The molecular weight excluding hydrogens is 456 g/mol. The summed E-state index contributed by atoms with van der Waals surface area (Å²) in [6.45, 7) is 2.12. The highest BCUT2D eigenvalue weighted by atomic mass is 32.1. The largest absolute Gasteiger partial charge is 0.497 e. The lowest BCUT2D eigenvalue weighted by Crippen LogP contribution is -2.12. The molecule has 0 atom stereocenters. The first-order valence-corrected chi connectivity index (χ1v) is 12.2. The van der Waals surface area contributed by atoms with E-state index in [0.717, 1.165) is 35.1 Å². The molecule has 0 amide bonds. The highest BCUT2D eigenvalue weighted by Gasteiger charge is 2.06. The second-order valence-corrected chi connectivity index (χ2v) is 9.23. The summed E-state index contributed by atoms with van der Waals surface area (Å²) in [4.78, 5) is 2.52. The maximum absolute atomic E-state index is 5.86. The van der Waals surface area contributed by atoms with Crippen molar-refractivity contribution in [1.29, 1.82) is 0 Å². The monoisotopic (exact) mass is 482 g/mol. The molecule has 35 heavy (non-hydrogen) atoms. The average molecular weight is 483 g/mol. The van der Waals surface area contributed by atoms with Crippen molar-refractivity contribution in [2.45, 2.75) is 19.6 Å². The third-order valence-electron chi connectivity index (χ3n) is 5.47. The molecule has 0 unspecified atom stereocenters. The lowest BCUT2D eigenvalue weighted by atomic mass is 10.2. The highest BCUT2D eigenvalue weighted by molar-refractivity contribution is 7.15. The molecule has 0 bridgehead atoms. The van der Waals surface area contributed by atoms with Crippen molar-refractivity contribution >= 4 is 11.3 Å². The van der Waals surface area contributed by atoms with Gasteiger partial charge in [0, 0.05) is 22.8 Å². The summed E-state index contributed by atoms with van der Waals surface area (Å²) in [7, 11) is 1.68. The van der Waals surface area contributed by atoms with Crippen LogP contribution in [0.4, 0.5) is 0 Å². The quantitative estimate of drug-likeness (QED) is 0.259. The van der Waals surface area contributed by atoms with Crippen LogP contribution in [0.1, 0.15) is 16.1 Å². The number of ether oxygens (including phenoxy) is 2. The zero-order valence-electron chi connectivity index (χ0n) is 19.4. The van der Waals surface area contributed by atoms with Gasteiger partial charge < -0.3 is 14.8 Å². The third-order valence-corrected chi connectivity index (χ3v) is 6.61. The normalized spacial score (nSPS) is 10.9. The van der Waals surface area contributed by atoms with Gasteiger partial charge in [-0.25, -0.2) is 4.68 Å². The minimum Gasteiger partial charge on any atom is -0.497 e. The van der Waals surface area contributed by atoms with Crippen molar-refractivity contribution in [2.24, 2.45) is 0 Å². The standard InChI is InChI=1S/C28H26N4O2S/c1-33-24-13-9-22(10-14-24)28-16-15-27(35-28)18-29-17-23-20-32(31-30-23)19-21-7-11-26(12-8-21)34-25-5-3-2-4-6-25/h2-16,20,29H,17-19H2,1H3. The van der Waals surface area contributed by atoms with Crippen molar-refractivity contribution in [1.82, 2.24) is 20.3 Å². The fourth-order valence-electron chi connectivity index (χ4n) is 3.67. The van der Waals surface area contributed by atoms with Crippen LogP contribution in [0, 0.1) is 0 Å². The van der Waals surface area contributed by atoms with E-state index in [4.69, 9.17) is 9.47 Å². The molecule has 176 valence electrons. The molecule has 0 saturated heterocycles. The average Bonchev–Trinajstić information content (AvgIpc) is 3.56. The molecule has 6 nitrogen and oxygen atoms in total. The first-order valence-electron chi connectivity index (χ1n) is 11.4. The van der Waals surface area contributed by atoms with Gasteiger partial charge in [0.1, 0.15) is 17.2 Å². The molecule has 1 N–H and O–H groups in total. The molecule has 5 aromatic rings. The maximum Gasteiger partial charge on any atom is 0.127 e. The van der Waals surface area contributed by atoms with Crippen LogP contribution in [-0.4, -0.2) is 22.1 Å². The Bertz CT molecular complexity index is 1350. The van der Waals surface area contributed by atoms with Crippen LogP contribution in [0.2, 0.25) is 0 Å². The van der Waals surface area contributed by atoms with Crippen molar-refractivity contribution < 1.29 is 9.47 Å². The van der Waals surface area contributed by atoms with E-state index in [9.17, 15) is 0 Å². The molecule has 7 heteroatoms. The summed E-state index contributed by atoms with van der Waals surface area (Å²) in [6.07, 6.45) is 1.98. The molecule has 2 aromatic heterocycles. The van der Waals surface area contributed by atoms with Gasteiger partial charge >= 0.3 is 0 Å². The molecule has 0 spiro atoms. The first kappa shape index (κ1) is 22.8.